The molecule has 1 atom stereocenters. The molecule has 1 unspecified atom stereocenters. The Labute approximate surface area is 155 Å². The third-order valence-corrected chi connectivity index (χ3v) is 4.73. The largest absolute Gasteiger partial charge is 0.493 e. The van der Waals surface area contributed by atoms with E-state index in [-0.39, 0.29) is 11.4 Å². The van der Waals surface area contributed by atoms with Crippen molar-refractivity contribution in [2.75, 3.05) is 0 Å². The van der Waals surface area contributed by atoms with Gasteiger partial charge in [0, 0.05) is 12.6 Å². The van der Waals surface area contributed by atoms with Gasteiger partial charge < -0.3 is 5.11 Å². The van der Waals surface area contributed by atoms with Gasteiger partial charge in [-0.15, -0.1) is 5.11 Å². The summed E-state index contributed by atoms with van der Waals surface area (Å²) in [5.74, 6) is 0.268. The molecule has 0 saturated heterocycles. The van der Waals surface area contributed by atoms with Crippen LogP contribution >= 0.6 is 0 Å². The minimum Gasteiger partial charge on any atom is -0.493 e. The molecule has 2 aromatic rings. The lowest BCUT2D eigenvalue weighted by atomic mass is 9.99. The van der Waals surface area contributed by atoms with Gasteiger partial charge in [-0.2, -0.15) is 5.11 Å². The summed E-state index contributed by atoms with van der Waals surface area (Å²) < 4.78 is 1.43. The summed E-state index contributed by atoms with van der Waals surface area (Å²) in [6.07, 6.45) is 4.27. The smallest absolute Gasteiger partial charge is 0.253 e. The van der Waals surface area contributed by atoms with E-state index in [1.807, 2.05) is 31.2 Å². The van der Waals surface area contributed by atoms with Gasteiger partial charge in [0.05, 0.1) is 5.69 Å². The quantitative estimate of drug-likeness (QED) is 0.608. The molecule has 2 rings (SSSR count). The zero-order valence-electron chi connectivity index (χ0n) is 16.2. The highest BCUT2D eigenvalue weighted by Gasteiger charge is 2.16. The van der Waals surface area contributed by atoms with Gasteiger partial charge in [-0.1, -0.05) is 50.8 Å². The number of hydrogen-bond donors (Lipinski definition) is 1. The average Bonchev–Trinajstić information content (AvgIpc) is 2.62. The lowest BCUT2D eigenvalue weighted by molar-refractivity contribution is 0.340. The Hall–Kier alpha value is -2.43. The molecule has 1 heterocycles. The first kappa shape index (κ1) is 19.9. The van der Waals surface area contributed by atoms with Crippen molar-refractivity contribution in [3.8, 4) is 5.88 Å². The van der Waals surface area contributed by atoms with Crippen molar-refractivity contribution in [3.05, 3.63) is 51.8 Å². The fraction of sp³-hybridized carbons (Fsp3) is 0.476. The van der Waals surface area contributed by atoms with Gasteiger partial charge in [-0.25, -0.2) is 0 Å². The van der Waals surface area contributed by atoms with Crippen molar-refractivity contribution in [1.29, 1.82) is 0 Å². The monoisotopic (exact) mass is 355 g/mol. The van der Waals surface area contributed by atoms with E-state index in [4.69, 9.17) is 0 Å². The number of pyridine rings is 1. The summed E-state index contributed by atoms with van der Waals surface area (Å²) in [5, 5.41) is 19.1. The Bertz CT molecular complexity index is 807. The maximum atomic E-state index is 12.4. The first-order valence-corrected chi connectivity index (χ1v) is 9.38. The minimum atomic E-state index is -0.191. The number of aromatic hydroxyl groups is 1. The molecule has 26 heavy (non-hydrogen) atoms. The molecule has 0 aliphatic heterocycles. The summed E-state index contributed by atoms with van der Waals surface area (Å²) >= 11 is 0. The Morgan fingerprint density at radius 1 is 1.12 bits per heavy atom. The molecule has 1 aromatic carbocycles. The molecular formula is C21H29N3O2. The molecule has 1 aromatic heterocycles. The van der Waals surface area contributed by atoms with Crippen LogP contribution in [0.1, 0.15) is 50.7 Å². The predicted molar refractivity (Wildman–Crippen MR) is 106 cm³/mol. The number of hydrogen-bond acceptors (Lipinski definition) is 4. The lowest BCUT2D eigenvalue weighted by Crippen LogP contribution is -2.23. The molecule has 0 saturated carbocycles. The number of benzene rings is 1. The number of azo groups is 1. The lowest BCUT2D eigenvalue weighted by Gasteiger charge is -2.18. The van der Waals surface area contributed by atoms with Crippen LogP contribution in [-0.2, 0) is 6.54 Å². The van der Waals surface area contributed by atoms with Crippen molar-refractivity contribution < 1.29 is 5.11 Å². The van der Waals surface area contributed by atoms with Crippen LogP contribution in [0.25, 0.3) is 0 Å². The minimum absolute atomic E-state index is 0.0965. The summed E-state index contributed by atoms with van der Waals surface area (Å²) in [7, 11) is 0. The predicted octanol–water partition coefficient (Wildman–Crippen LogP) is 5.80. The van der Waals surface area contributed by atoms with E-state index in [2.05, 4.69) is 24.1 Å². The third-order valence-electron chi connectivity index (χ3n) is 4.73. The Kier molecular flexibility index (Phi) is 7.13. The van der Waals surface area contributed by atoms with Gasteiger partial charge >= 0.3 is 0 Å². The fourth-order valence-corrected chi connectivity index (χ4v) is 2.93. The molecule has 5 heteroatoms. The van der Waals surface area contributed by atoms with Crippen molar-refractivity contribution in [1.82, 2.24) is 4.57 Å². The van der Waals surface area contributed by atoms with E-state index in [1.165, 1.54) is 10.6 Å². The second kappa shape index (κ2) is 9.32. The first-order chi connectivity index (χ1) is 12.5. The Morgan fingerprint density at radius 3 is 2.42 bits per heavy atom. The highest BCUT2D eigenvalue weighted by molar-refractivity contribution is 5.53. The summed E-state index contributed by atoms with van der Waals surface area (Å²) in [6.45, 7) is 8.56. The van der Waals surface area contributed by atoms with Crippen molar-refractivity contribution >= 4 is 11.4 Å². The van der Waals surface area contributed by atoms with Crippen molar-refractivity contribution in [3.63, 3.8) is 0 Å². The molecule has 0 radical (unpaired) electrons. The molecular weight excluding hydrogens is 326 g/mol. The van der Waals surface area contributed by atoms with E-state index in [0.717, 1.165) is 31.2 Å². The van der Waals surface area contributed by atoms with Crippen LogP contribution in [0, 0.1) is 19.8 Å². The van der Waals surface area contributed by atoms with Crippen LogP contribution in [0.5, 0.6) is 5.88 Å². The van der Waals surface area contributed by atoms with E-state index >= 15 is 0 Å². The molecule has 0 bridgehead atoms. The van der Waals surface area contributed by atoms with E-state index in [9.17, 15) is 9.90 Å². The zero-order chi connectivity index (χ0) is 19.1. The standard InChI is InChI=1S/C21H29N3O2/c1-5-7-8-17(6-2)14-24-19(25)13-16(4)20(21(24)26)23-22-18-11-9-15(3)10-12-18/h9-13,17,26H,5-8,14H2,1-4H3. The number of aryl methyl sites for hydroxylation is 2. The number of nitrogens with zero attached hydrogens (tertiary/aromatic N) is 3. The molecule has 0 fully saturated rings. The van der Waals surface area contributed by atoms with Gasteiger partial charge in [0.2, 0.25) is 5.88 Å². The van der Waals surface area contributed by atoms with E-state index in [1.54, 1.807) is 6.92 Å². The van der Waals surface area contributed by atoms with Gasteiger partial charge in [0.1, 0.15) is 5.69 Å². The highest BCUT2D eigenvalue weighted by Crippen LogP contribution is 2.31. The van der Waals surface area contributed by atoms with Gasteiger partial charge in [0.15, 0.2) is 0 Å². The molecule has 0 spiro atoms. The van der Waals surface area contributed by atoms with Crippen LogP contribution in [0.2, 0.25) is 0 Å². The Balaban J connectivity index is 2.32. The normalized spacial score (nSPS) is 12.6. The molecule has 0 aliphatic carbocycles. The molecule has 5 nitrogen and oxygen atoms in total. The molecule has 140 valence electrons. The van der Waals surface area contributed by atoms with Crippen LogP contribution in [0.4, 0.5) is 11.4 Å². The van der Waals surface area contributed by atoms with Gasteiger partial charge in [0.25, 0.3) is 5.56 Å². The molecule has 1 N–H and O–H groups in total. The number of aromatic nitrogens is 1. The second-order valence-corrected chi connectivity index (χ2v) is 6.90. The van der Waals surface area contributed by atoms with Crippen LogP contribution in [0.3, 0.4) is 0 Å². The molecule has 0 amide bonds. The summed E-state index contributed by atoms with van der Waals surface area (Å²) in [6, 6.07) is 9.19. The van der Waals surface area contributed by atoms with Gasteiger partial charge in [-0.05, 0) is 43.9 Å². The van der Waals surface area contributed by atoms with Crippen LogP contribution in [0.15, 0.2) is 45.4 Å². The van der Waals surface area contributed by atoms with Gasteiger partial charge in [-0.3, -0.25) is 9.36 Å². The number of rotatable bonds is 8. The van der Waals surface area contributed by atoms with Crippen LogP contribution < -0.4 is 5.56 Å². The fourth-order valence-electron chi connectivity index (χ4n) is 2.93. The van der Waals surface area contributed by atoms with Crippen molar-refractivity contribution in [2.24, 2.45) is 16.1 Å². The van der Waals surface area contributed by atoms with Crippen molar-refractivity contribution in [2.45, 2.75) is 59.9 Å². The summed E-state index contributed by atoms with van der Waals surface area (Å²) in [4.78, 5) is 12.4. The first-order valence-electron chi connectivity index (χ1n) is 9.38. The SMILES string of the molecule is CCCCC(CC)Cn1c(O)c(N=Nc2ccc(C)cc2)c(C)cc1=O. The number of unbranched alkanes of at least 4 members (excludes halogenated alkanes) is 1. The Morgan fingerprint density at radius 2 is 1.81 bits per heavy atom. The van der Waals surface area contributed by atoms with E-state index in [0.29, 0.717) is 29.4 Å². The average molecular weight is 355 g/mol. The topological polar surface area (TPSA) is 66.9 Å². The third kappa shape index (κ3) is 5.04. The maximum absolute atomic E-state index is 12.4. The second-order valence-electron chi connectivity index (χ2n) is 6.90. The maximum Gasteiger partial charge on any atom is 0.253 e. The summed E-state index contributed by atoms with van der Waals surface area (Å²) in [5.41, 5.74) is 2.65. The molecule has 0 aliphatic rings. The zero-order valence-corrected chi connectivity index (χ0v) is 16.2. The highest BCUT2D eigenvalue weighted by atomic mass is 16.3. The van der Waals surface area contributed by atoms with E-state index < -0.39 is 0 Å². The van der Waals surface area contributed by atoms with Crippen LogP contribution in [-0.4, -0.2) is 9.67 Å².